The molecule has 7 N–H and O–H groups in total. The van der Waals surface area contributed by atoms with Gasteiger partial charge < -0.3 is 26.1 Å². The van der Waals surface area contributed by atoms with Gasteiger partial charge in [0.2, 0.25) is 0 Å². The Balaban J connectivity index is 0. The van der Waals surface area contributed by atoms with Crippen LogP contribution < -0.4 is 11.5 Å². The highest BCUT2D eigenvalue weighted by Crippen LogP contribution is 2.11. The summed E-state index contributed by atoms with van der Waals surface area (Å²) in [7, 11) is -2.62. The van der Waals surface area contributed by atoms with Crippen molar-refractivity contribution >= 4 is 25.9 Å². The summed E-state index contributed by atoms with van der Waals surface area (Å²) in [6, 6.07) is 0. The number of nitrogens with two attached hydrogens (primary N) is 2. The summed E-state index contributed by atoms with van der Waals surface area (Å²) in [6.45, 7) is 0. The standard InChI is InChI=1S/CH4N2S.H3O3P/c2-1(3)4;1-4(2)3/h(H4,2,3,4);1-3H. The van der Waals surface area contributed by atoms with Gasteiger partial charge in [-0.25, -0.2) is 0 Å². The minimum atomic E-state index is -2.62. The van der Waals surface area contributed by atoms with Gasteiger partial charge >= 0.3 is 8.60 Å². The fourth-order valence-corrected chi connectivity index (χ4v) is 0. The predicted molar refractivity (Wildman–Crippen MR) is 34.5 cm³/mol. The number of thiocarbonyl (C=S) groups is 1. The van der Waals surface area contributed by atoms with Gasteiger partial charge in [-0.3, -0.25) is 0 Å². The van der Waals surface area contributed by atoms with Crippen molar-refractivity contribution in [1.29, 1.82) is 0 Å². The van der Waals surface area contributed by atoms with E-state index in [2.05, 4.69) is 23.7 Å². The molecule has 5 nitrogen and oxygen atoms in total. The van der Waals surface area contributed by atoms with Crippen molar-refractivity contribution in [2.75, 3.05) is 0 Å². The Morgan fingerprint density at radius 3 is 1.25 bits per heavy atom. The molecule has 0 aromatic carbocycles. The smallest absolute Gasteiger partial charge is 0.324 e. The zero-order valence-electron chi connectivity index (χ0n) is 3.85. The average Bonchev–Trinajstić information content (AvgIpc) is 1.25. The first-order valence-corrected chi connectivity index (χ1v) is 2.99. The molecule has 0 radical (unpaired) electrons. The molecule has 0 saturated carbocycles. The van der Waals surface area contributed by atoms with Crippen LogP contribution in [0.1, 0.15) is 0 Å². The Hall–Kier alpha value is -0.0000000000000000416. The number of hydrogen-bond donors (Lipinski definition) is 5. The van der Waals surface area contributed by atoms with Crippen molar-refractivity contribution in [3.8, 4) is 0 Å². The molecule has 0 unspecified atom stereocenters. The molecule has 8 heavy (non-hydrogen) atoms. The van der Waals surface area contributed by atoms with E-state index in [9.17, 15) is 0 Å². The van der Waals surface area contributed by atoms with Gasteiger partial charge in [0.15, 0.2) is 5.11 Å². The number of rotatable bonds is 0. The first-order valence-electron chi connectivity index (χ1n) is 1.38. The number of hydrogen-bond acceptors (Lipinski definition) is 4. The molecule has 0 amide bonds. The van der Waals surface area contributed by atoms with Crippen molar-refractivity contribution in [2.24, 2.45) is 11.5 Å². The average molecular weight is 158 g/mol. The maximum atomic E-state index is 7.23. The monoisotopic (exact) mass is 158 g/mol. The van der Waals surface area contributed by atoms with E-state index >= 15 is 0 Å². The SMILES string of the molecule is NC(N)=S.OP(O)O. The first-order chi connectivity index (χ1) is 3.46. The second-order valence-corrected chi connectivity index (χ2v) is 1.68. The van der Waals surface area contributed by atoms with E-state index in [-0.39, 0.29) is 5.11 Å². The van der Waals surface area contributed by atoms with Crippen LogP contribution in [0.25, 0.3) is 0 Å². The molecular formula is CH7N2O3PS. The van der Waals surface area contributed by atoms with Gasteiger partial charge in [-0.05, 0) is 12.2 Å². The molecule has 50 valence electrons. The Labute approximate surface area is 52.9 Å². The lowest BCUT2D eigenvalue weighted by molar-refractivity contribution is 0.368. The van der Waals surface area contributed by atoms with Crippen molar-refractivity contribution in [2.45, 2.75) is 0 Å². The van der Waals surface area contributed by atoms with E-state index in [1.165, 1.54) is 0 Å². The molecule has 0 fully saturated rings. The molecule has 0 saturated heterocycles. The summed E-state index contributed by atoms with van der Waals surface area (Å²) in [5.41, 5.74) is 9.24. The van der Waals surface area contributed by atoms with Gasteiger partial charge in [0.1, 0.15) is 0 Å². The molecule has 0 aromatic rings. The van der Waals surface area contributed by atoms with Crippen molar-refractivity contribution in [3.05, 3.63) is 0 Å². The molecule has 0 aromatic heterocycles. The molecule has 0 aliphatic rings. The molecule has 0 rings (SSSR count). The highest BCUT2D eigenvalue weighted by molar-refractivity contribution is 7.80. The quantitative estimate of drug-likeness (QED) is 0.214. The topological polar surface area (TPSA) is 113 Å². The highest BCUT2D eigenvalue weighted by Gasteiger charge is 1.76. The van der Waals surface area contributed by atoms with Crippen LogP contribution in [0.3, 0.4) is 0 Å². The van der Waals surface area contributed by atoms with Gasteiger partial charge in [-0.2, -0.15) is 0 Å². The Morgan fingerprint density at radius 2 is 1.25 bits per heavy atom. The second-order valence-electron chi connectivity index (χ2n) is 0.671. The zero-order chi connectivity index (χ0) is 7.15. The summed E-state index contributed by atoms with van der Waals surface area (Å²) in [5, 5.41) is 0.000000000000000222. The van der Waals surface area contributed by atoms with Gasteiger partial charge in [0.25, 0.3) is 0 Å². The summed E-state index contributed by atoms with van der Waals surface area (Å²) in [6.07, 6.45) is 0. The van der Waals surface area contributed by atoms with Gasteiger partial charge in [0.05, 0.1) is 0 Å². The Bertz CT molecular complexity index is 61.5. The maximum Gasteiger partial charge on any atom is 0.324 e. The van der Waals surface area contributed by atoms with E-state index in [1.54, 1.807) is 0 Å². The highest BCUT2D eigenvalue weighted by atomic mass is 32.1. The zero-order valence-corrected chi connectivity index (χ0v) is 5.56. The predicted octanol–water partition coefficient (Wildman–Crippen LogP) is -1.62. The summed E-state index contributed by atoms with van der Waals surface area (Å²) in [4.78, 5) is 21.7. The largest absolute Gasteiger partial charge is 0.377 e. The van der Waals surface area contributed by atoms with E-state index in [4.69, 9.17) is 14.7 Å². The van der Waals surface area contributed by atoms with Crippen LogP contribution >= 0.6 is 20.8 Å². The molecule has 0 bridgehead atoms. The molecule has 0 spiro atoms. The summed E-state index contributed by atoms with van der Waals surface area (Å²) in [5.74, 6) is 0. The fourth-order valence-electron chi connectivity index (χ4n) is 0. The lowest BCUT2D eigenvalue weighted by Gasteiger charge is -1.76. The minimum absolute atomic E-state index is 0.000000000000000222. The van der Waals surface area contributed by atoms with Gasteiger partial charge in [0, 0.05) is 0 Å². The van der Waals surface area contributed by atoms with Crippen LogP contribution in [0.15, 0.2) is 0 Å². The third kappa shape index (κ3) is 86500000000000005956781397992538112. The second kappa shape index (κ2) is 7.00. The van der Waals surface area contributed by atoms with Crippen molar-refractivity contribution < 1.29 is 14.7 Å². The first kappa shape index (κ1) is 10.9. The lowest BCUT2D eigenvalue weighted by atomic mass is 11.3. The fraction of sp³-hybridized carbons (Fsp3) is 0. The van der Waals surface area contributed by atoms with E-state index in [1.807, 2.05) is 0 Å². The molecule has 0 atom stereocenters. The van der Waals surface area contributed by atoms with Crippen LogP contribution in [0, 0.1) is 0 Å². The van der Waals surface area contributed by atoms with E-state index < -0.39 is 8.60 Å². The summed E-state index contributed by atoms with van der Waals surface area (Å²) >= 11 is 4.09. The normalized spacial score (nSPS) is 7.50. The molecule has 0 aliphatic carbocycles. The van der Waals surface area contributed by atoms with Crippen LogP contribution in [-0.4, -0.2) is 19.8 Å². The molecule has 7 heteroatoms. The van der Waals surface area contributed by atoms with Gasteiger partial charge in [-0.1, -0.05) is 0 Å². The van der Waals surface area contributed by atoms with Crippen molar-refractivity contribution in [1.82, 2.24) is 0 Å². The van der Waals surface area contributed by atoms with Crippen LogP contribution in [0.5, 0.6) is 0 Å². The minimum Gasteiger partial charge on any atom is -0.377 e. The van der Waals surface area contributed by atoms with E-state index in [0.717, 1.165) is 0 Å². The Kier molecular flexibility index (Phi) is 9.53. The Morgan fingerprint density at radius 1 is 1.25 bits per heavy atom. The molecule has 0 heterocycles. The van der Waals surface area contributed by atoms with Crippen LogP contribution in [0.4, 0.5) is 0 Å². The van der Waals surface area contributed by atoms with Crippen LogP contribution in [0.2, 0.25) is 0 Å². The van der Waals surface area contributed by atoms with E-state index in [0.29, 0.717) is 0 Å². The van der Waals surface area contributed by atoms with Crippen molar-refractivity contribution in [3.63, 3.8) is 0 Å². The van der Waals surface area contributed by atoms with Crippen LogP contribution in [-0.2, 0) is 0 Å². The third-order valence-electron chi connectivity index (χ3n) is 0. The third-order valence-corrected chi connectivity index (χ3v) is 0. The lowest BCUT2D eigenvalue weighted by Crippen LogP contribution is -2.18. The summed E-state index contributed by atoms with van der Waals surface area (Å²) < 4.78 is 0. The maximum absolute atomic E-state index is 7.23. The van der Waals surface area contributed by atoms with Gasteiger partial charge in [-0.15, -0.1) is 0 Å². The molecule has 0 aliphatic heterocycles. The molecular weight excluding hydrogens is 151 g/mol.